The van der Waals surface area contributed by atoms with Crippen molar-refractivity contribution in [3.63, 3.8) is 0 Å². The molecule has 2 aromatic carbocycles. The minimum absolute atomic E-state index is 0.522. The molecule has 0 aliphatic heterocycles. The molecule has 0 radical (unpaired) electrons. The van der Waals surface area contributed by atoms with Gasteiger partial charge in [0.15, 0.2) is 0 Å². The highest BCUT2D eigenvalue weighted by Gasteiger charge is 2.11. The second-order valence-corrected chi connectivity index (χ2v) is 5.63. The van der Waals surface area contributed by atoms with E-state index in [1.54, 1.807) is 7.11 Å². The molecule has 0 amide bonds. The summed E-state index contributed by atoms with van der Waals surface area (Å²) in [5.41, 5.74) is 4.65. The van der Waals surface area contributed by atoms with Crippen LogP contribution >= 0.6 is 0 Å². The second-order valence-electron chi connectivity index (χ2n) is 5.63. The molecule has 3 aromatic rings. The van der Waals surface area contributed by atoms with E-state index in [1.165, 1.54) is 11.1 Å². The van der Waals surface area contributed by atoms with E-state index in [1.807, 2.05) is 24.3 Å². The molecule has 0 N–H and O–H groups in total. The summed E-state index contributed by atoms with van der Waals surface area (Å²) in [5.74, 6) is 2.36. The summed E-state index contributed by atoms with van der Waals surface area (Å²) in [4.78, 5) is 4.76. The lowest BCUT2D eigenvalue weighted by atomic mass is 10.0. The van der Waals surface area contributed by atoms with Crippen molar-refractivity contribution >= 4 is 11.0 Å². The van der Waals surface area contributed by atoms with Gasteiger partial charge < -0.3 is 9.30 Å². The predicted molar refractivity (Wildman–Crippen MR) is 86.8 cm³/mol. The largest absolute Gasteiger partial charge is 0.497 e. The summed E-state index contributed by atoms with van der Waals surface area (Å²) < 4.78 is 7.36. The average Bonchev–Trinajstić information content (AvgIpc) is 2.84. The molecule has 3 rings (SSSR count). The normalized spacial score (nSPS) is 11.3. The number of ether oxygens (including phenoxy) is 1. The van der Waals surface area contributed by atoms with Crippen molar-refractivity contribution in [3.8, 4) is 17.1 Å². The van der Waals surface area contributed by atoms with Crippen LogP contribution < -0.4 is 4.74 Å². The molecule has 0 aliphatic carbocycles. The monoisotopic (exact) mass is 280 g/mol. The van der Waals surface area contributed by atoms with Gasteiger partial charge in [-0.3, -0.25) is 0 Å². The Morgan fingerprint density at radius 1 is 1.05 bits per heavy atom. The minimum atomic E-state index is 0.522. The highest BCUT2D eigenvalue weighted by molar-refractivity contribution is 5.81. The van der Waals surface area contributed by atoms with Gasteiger partial charge in [-0.15, -0.1) is 0 Å². The Labute approximate surface area is 125 Å². The zero-order chi connectivity index (χ0) is 15.0. The van der Waals surface area contributed by atoms with E-state index in [9.17, 15) is 0 Å². The van der Waals surface area contributed by atoms with Gasteiger partial charge in [0.2, 0.25) is 0 Å². The molecule has 1 heterocycles. The lowest BCUT2D eigenvalue weighted by molar-refractivity contribution is 0.415. The quantitative estimate of drug-likeness (QED) is 0.712. The van der Waals surface area contributed by atoms with Crippen LogP contribution in [-0.4, -0.2) is 16.7 Å². The molecule has 1 aromatic heterocycles. The molecule has 0 fully saturated rings. The molecular formula is C18H20N2O. The molecule has 0 spiro atoms. The highest BCUT2D eigenvalue weighted by atomic mass is 16.5. The van der Waals surface area contributed by atoms with Crippen LogP contribution in [0.2, 0.25) is 0 Å². The smallest absolute Gasteiger partial charge is 0.140 e. The first-order valence-electron chi connectivity index (χ1n) is 7.21. The van der Waals surface area contributed by atoms with Gasteiger partial charge in [0, 0.05) is 12.6 Å². The summed E-state index contributed by atoms with van der Waals surface area (Å²) in [7, 11) is 3.75. The van der Waals surface area contributed by atoms with Crippen LogP contribution in [0.15, 0.2) is 42.5 Å². The number of imidazole rings is 1. The Morgan fingerprint density at radius 2 is 1.76 bits per heavy atom. The van der Waals surface area contributed by atoms with Crippen molar-refractivity contribution in [2.45, 2.75) is 19.8 Å². The summed E-state index contributed by atoms with van der Waals surface area (Å²) in [6, 6.07) is 14.5. The maximum absolute atomic E-state index is 5.21. The summed E-state index contributed by atoms with van der Waals surface area (Å²) in [5, 5.41) is 0. The average molecular weight is 280 g/mol. The van der Waals surface area contributed by atoms with Crippen molar-refractivity contribution in [1.82, 2.24) is 9.55 Å². The van der Waals surface area contributed by atoms with Gasteiger partial charge in [-0.05, 0) is 47.9 Å². The van der Waals surface area contributed by atoms with Crippen LogP contribution in [0.4, 0.5) is 0 Å². The lowest BCUT2D eigenvalue weighted by Crippen LogP contribution is -1.93. The van der Waals surface area contributed by atoms with E-state index in [0.29, 0.717) is 5.92 Å². The van der Waals surface area contributed by atoms with E-state index in [4.69, 9.17) is 9.72 Å². The SMILES string of the molecule is COc1ccc(-c2nc3ccc(C(C)C)cc3n2C)cc1. The molecule has 3 nitrogen and oxygen atoms in total. The number of hydrogen-bond acceptors (Lipinski definition) is 2. The molecule has 0 saturated heterocycles. The maximum Gasteiger partial charge on any atom is 0.140 e. The van der Waals surface area contributed by atoms with Crippen molar-refractivity contribution < 1.29 is 4.74 Å². The zero-order valence-electron chi connectivity index (χ0n) is 12.9. The molecule has 0 aliphatic rings. The molecule has 0 unspecified atom stereocenters. The Morgan fingerprint density at radius 3 is 2.38 bits per heavy atom. The molecule has 0 bridgehead atoms. The molecule has 21 heavy (non-hydrogen) atoms. The van der Waals surface area contributed by atoms with Gasteiger partial charge >= 0.3 is 0 Å². The lowest BCUT2D eigenvalue weighted by Gasteiger charge is -2.06. The summed E-state index contributed by atoms with van der Waals surface area (Å²) in [6.45, 7) is 4.42. The van der Waals surface area contributed by atoms with E-state index in [0.717, 1.165) is 22.7 Å². The van der Waals surface area contributed by atoms with Crippen LogP contribution in [0.3, 0.4) is 0 Å². The number of fused-ring (bicyclic) bond motifs is 1. The molecule has 108 valence electrons. The van der Waals surface area contributed by atoms with Crippen molar-refractivity contribution in [2.75, 3.05) is 7.11 Å². The van der Waals surface area contributed by atoms with Crippen LogP contribution in [0.1, 0.15) is 25.3 Å². The Balaban J connectivity index is 2.12. The first-order chi connectivity index (χ1) is 10.1. The van der Waals surface area contributed by atoms with Gasteiger partial charge in [0.25, 0.3) is 0 Å². The van der Waals surface area contributed by atoms with E-state index >= 15 is 0 Å². The van der Waals surface area contributed by atoms with Crippen molar-refractivity contribution in [3.05, 3.63) is 48.0 Å². The van der Waals surface area contributed by atoms with E-state index in [2.05, 4.69) is 43.7 Å². The predicted octanol–water partition coefficient (Wildman–Crippen LogP) is 4.37. The van der Waals surface area contributed by atoms with Crippen LogP contribution in [-0.2, 0) is 7.05 Å². The molecular weight excluding hydrogens is 260 g/mol. The number of aromatic nitrogens is 2. The third-order valence-corrected chi connectivity index (χ3v) is 3.92. The number of rotatable bonds is 3. The molecule has 0 saturated carbocycles. The van der Waals surface area contributed by atoms with Gasteiger partial charge in [-0.2, -0.15) is 0 Å². The Hall–Kier alpha value is -2.29. The van der Waals surface area contributed by atoms with Crippen molar-refractivity contribution in [1.29, 1.82) is 0 Å². The van der Waals surface area contributed by atoms with Gasteiger partial charge in [-0.25, -0.2) is 4.98 Å². The van der Waals surface area contributed by atoms with Gasteiger partial charge in [0.05, 0.1) is 18.1 Å². The van der Waals surface area contributed by atoms with E-state index < -0.39 is 0 Å². The fourth-order valence-corrected chi connectivity index (χ4v) is 2.56. The number of aryl methyl sites for hydroxylation is 1. The summed E-state index contributed by atoms with van der Waals surface area (Å²) in [6.07, 6.45) is 0. The third-order valence-electron chi connectivity index (χ3n) is 3.92. The fraction of sp³-hybridized carbons (Fsp3) is 0.278. The molecule has 0 atom stereocenters. The first-order valence-corrected chi connectivity index (χ1v) is 7.21. The van der Waals surface area contributed by atoms with Crippen LogP contribution in [0.25, 0.3) is 22.4 Å². The number of benzene rings is 2. The second kappa shape index (κ2) is 5.24. The topological polar surface area (TPSA) is 27.1 Å². The van der Waals surface area contributed by atoms with Crippen LogP contribution in [0.5, 0.6) is 5.75 Å². The number of nitrogens with zero attached hydrogens (tertiary/aromatic N) is 2. The summed E-state index contributed by atoms with van der Waals surface area (Å²) >= 11 is 0. The standard InChI is InChI=1S/C18H20N2O/c1-12(2)14-7-10-16-17(11-14)20(3)18(19-16)13-5-8-15(21-4)9-6-13/h5-12H,1-4H3. The maximum atomic E-state index is 5.21. The minimum Gasteiger partial charge on any atom is -0.497 e. The first kappa shape index (κ1) is 13.7. The highest BCUT2D eigenvalue weighted by Crippen LogP contribution is 2.27. The molecule has 3 heteroatoms. The zero-order valence-corrected chi connectivity index (χ0v) is 12.9. The Kier molecular flexibility index (Phi) is 3.42. The number of methoxy groups -OCH3 is 1. The van der Waals surface area contributed by atoms with E-state index in [-0.39, 0.29) is 0 Å². The third kappa shape index (κ3) is 2.40. The van der Waals surface area contributed by atoms with Gasteiger partial charge in [0.1, 0.15) is 11.6 Å². The van der Waals surface area contributed by atoms with Crippen LogP contribution in [0, 0.1) is 0 Å². The Bertz CT molecular complexity index is 770. The fourth-order valence-electron chi connectivity index (χ4n) is 2.56. The van der Waals surface area contributed by atoms with Gasteiger partial charge in [-0.1, -0.05) is 19.9 Å². The van der Waals surface area contributed by atoms with Crippen molar-refractivity contribution in [2.24, 2.45) is 7.05 Å². The number of hydrogen-bond donors (Lipinski definition) is 0.